The van der Waals surface area contributed by atoms with Gasteiger partial charge in [-0.15, -0.1) is 0 Å². The van der Waals surface area contributed by atoms with E-state index in [-0.39, 0.29) is 19.1 Å². The van der Waals surface area contributed by atoms with Gasteiger partial charge in [0.15, 0.2) is 5.82 Å². The molecule has 33 heavy (non-hydrogen) atoms. The number of carbonyl (C=O) groups excluding carboxylic acids is 2. The fraction of sp³-hybridized carbons (Fsp3) is 0.458. The van der Waals surface area contributed by atoms with E-state index in [1.165, 1.54) is 0 Å². The normalized spacial score (nSPS) is 14.4. The Morgan fingerprint density at radius 3 is 2.21 bits per heavy atom. The maximum Gasteiger partial charge on any atom is 0.253 e. The summed E-state index contributed by atoms with van der Waals surface area (Å²) in [7, 11) is 0. The first kappa shape index (κ1) is 24.5. The van der Waals surface area contributed by atoms with Crippen molar-refractivity contribution in [1.82, 2.24) is 15.2 Å². The van der Waals surface area contributed by atoms with Crippen LogP contribution in [0.1, 0.15) is 41.5 Å². The van der Waals surface area contributed by atoms with Crippen LogP contribution in [0.25, 0.3) is 0 Å². The number of nitrogens with one attached hydrogen (secondary N) is 2. The quantitative estimate of drug-likeness (QED) is 0.474. The Kier molecular flexibility index (Phi) is 7.88. The summed E-state index contributed by atoms with van der Waals surface area (Å²) in [6, 6.07) is 10.6. The predicted octanol–water partition coefficient (Wildman–Crippen LogP) is 1.34. The number of anilines is 2. The molecule has 2 amide bonds. The minimum atomic E-state index is -1.11. The molecule has 1 fully saturated rings. The van der Waals surface area contributed by atoms with Crippen LogP contribution in [-0.4, -0.2) is 82.9 Å². The number of nitrogens with zero attached hydrogens (tertiary/aromatic N) is 3. The van der Waals surface area contributed by atoms with Crippen molar-refractivity contribution in [3.8, 4) is 0 Å². The largest absolute Gasteiger partial charge is 0.394 e. The van der Waals surface area contributed by atoms with E-state index < -0.39 is 11.4 Å². The second-order valence-corrected chi connectivity index (χ2v) is 8.86. The van der Waals surface area contributed by atoms with E-state index in [2.05, 4.69) is 34.4 Å². The number of hydrogen-bond acceptors (Lipinski definition) is 7. The van der Waals surface area contributed by atoms with Gasteiger partial charge in [0, 0.05) is 49.5 Å². The molecule has 0 saturated carbocycles. The van der Waals surface area contributed by atoms with Crippen LogP contribution < -0.4 is 15.5 Å². The number of aliphatic hydroxyl groups is 2. The summed E-state index contributed by atoms with van der Waals surface area (Å²) < 4.78 is 0. The monoisotopic (exact) mass is 455 g/mol. The van der Waals surface area contributed by atoms with Crippen molar-refractivity contribution in [2.75, 3.05) is 49.6 Å². The molecule has 1 aromatic carbocycles. The summed E-state index contributed by atoms with van der Waals surface area (Å²) in [6.07, 6.45) is 1.78. The summed E-state index contributed by atoms with van der Waals surface area (Å²) in [5.41, 5.74) is 0.736. The van der Waals surface area contributed by atoms with E-state index in [9.17, 15) is 19.8 Å². The van der Waals surface area contributed by atoms with Crippen molar-refractivity contribution in [1.29, 1.82) is 0 Å². The average Bonchev–Trinajstić information content (AvgIpc) is 2.83. The lowest BCUT2D eigenvalue weighted by atomic mass is 10.0. The highest BCUT2D eigenvalue weighted by atomic mass is 16.3. The van der Waals surface area contributed by atoms with E-state index in [0.29, 0.717) is 43.3 Å². The first-order valence-electron chi connectivity index (χ1n) is 11.2. The van der Waals surface area contributed by atoms with Crippen LogP contribution >= 0.6 is 0 Å². The Hall–Kier alpha value is -3.17. The van der Waals surface area contributed by atoms with Gasteiger partial charge in [-0.1, -0.05) is 0 Å². The first-order valence-corrected chi connectivity index (χ1v) is 11.2. The number of aromatic nitrogens is 1. The zero-order valence-electron chi connectivity index (χ0n) is 19.4. The van der Waals surface area contributed by atoms with Gasteiger partial charge in [-0.05, 0) is 57.2 Å². The van der Waals surface area contributed by atoms with Gasteiger partial charge in [0.1, 0.15) is 0 Å². The molecule has 1 saturated heterocycles. The standard InChI is InChI=1S/C24H33N5O4/c1-17(2)26-20-5-4-10-25-21(20)28-11-13-29(14-12-28)23(33)19-8-6-18(7-9-19)22(32)27-24(3,15-30)16-31/h4-10,17,26,30-31H,11-16H2,1-3H3,(H,27,32). The second kappa shape index (κ2) is 10.6. The van der Waals surface area contributed by atoms with Crippen molar-refractivity contribution < 1.29 is 19.8 Å². The van der Waals surface area contributed by atoms with E-state index in [4.69, 9.17) is 0 Å². The Morgan fingerprint density at radius 2 is 1.64 bits per heavy atom. The van der Waals surface area contributed by atoms with Crippen molar-refractivity contribution in [2.45, 2.75) is 32.4 Å². The van der Waals surface area contributed by atoms with E-state index in [1.807, 2.05) is 12.1 Å². The molecule has 0 radical (unpaired) electrons. The lowest BCUT2D eigenvalue weighted by Crippen LogP contribution is -2.51. The van der Waals surface area contributed by atoms with Crippen LogP contribution in [0.5, 0.6) is 0 Å². The van der Waals surface area contributed by atoms with Gasteiger partial charge in [-0.2, -0.15) is 0 Å². The van der Waals surface area contributed by atoms with Crippen molar-refractivity contribution >= 4 is 23.3 Å². The SMILES string of the molecule is CC(C)Nc1cccnc1N1CCN(C(=O)c2ccc(C(=O)NC(C)(CO)CO)cc2)CC1. The third-order valence-electron chi connectivity index (χ3n) is 5.60. The average molecular weight is 456 g/mol. The molecular formula is C24H33N5O4. The highest BCUT2D eigenvalue weighted by Gasteiger charge is 2.26. The molecule has 9 nitrogen and oxygen atoms in total. The number of rotatable bonds is 8. The number of aliphatic hydroxyl groups excluding tert-OH is 2. The Labute approximate surface area is 194 Å². The van der Waals surface area contributed by atoms with Gasteiger partial charge >= 0.3 is 0 Å². The van der Waals surface area contributed by atoms with E-state index in [0.717, 1.165) is 11.5 Å². The molecule has 0 bridgehead atoms. The van der Waals surface area contributed by atoms with Crippen molar-refractivity contribution in [2.24, 2.45) is 0 Å². The smallest absolute Gasteiger partial charge is 0.253 e. The highest BCUT2D eigenvalue weighted by molar-refractivity contribution is 5.98. The van der Waals surface area contributed by atoms with Crippen LogP contribution in [0, 0.1) is 0 Å². The second-order valence-electron chi connectivity index (χ2n) is 8.86. The Bertz CT molecular complexity index is 952. The molecule has 0 atom stereocenters. The first-order chi connectivity index (χ1) is 15.8. The Morgan fingerprint density at radius 1 is 1.03 bits per heavy atom. The molecule has 178 valence electrons. The number of benzene rings is 1. The molecule has 0 aliphatic carbocycles. The van der Waals surface area contributed by atoms with Crippen LogP contribution in [0.4, 0.5) is 11.5 Å². The Balaban J connectivity index is 1.61. The van der Waals surface area contributed by atoms with Crippen LogP contribution in [0.15, 0.2) is 42.6 Å². The number of hydrogen-bond donors (Lipinski definition) is 4. The number of amides is 2. The third-order valence-corrected chi connectivity index (χ3v) is 5.60. The van der Waals surface area contributed by atoms with Gasteiger partial charge < -0.3 is 30.6 Å². The lowest BCUT2D eigenvalue weighted by Gasteiger charge is -2.36. The maximum absolute atomic E-state index is 13.0. The molecule has 1 aromatic heterocycles. The topological polar surface area (TPSA) is 118 Å². The summed E-state index contributed by atoms with van der Waals surface area (Å²) in [5, 5.41) is 24.7. The van der Waals surface area contributed by atoms with Gasteiger partial charge in [0.05, 0.1) is 24.4 Å². The van der Waals surface area contributed by atoms with Gasteiger partial charge in [-0.25, -0.2) is 4.98 Å². The number of carbonyl (C=O) groups is 2. The molecule has 1 aliphatic heterocycles. The van der Waals surface area contributed by atoms with Crippen LogP contribution in [0.2, 0.25) is 0 Å². The third kappa shape index (κ3) is 6.00. The summed E-state index contributed by atoms with van der Waals surface area (Å²) >= 11 is 0. The van der Waals surface area contributed by atoms with Crippen LogP contribution in [-0.2, 0) is 0 Å². The van der Waals surface area contributed by atoms with Gasteiger partial charge in [0.25, 0.3) is 11.8 Å². The van der Waals surface area contributed by atoms with Crippen molar-refractivity contribution in [3.05, 3.63) is 53.7 Å². The molecule has 2 heterocycles. The summed E-state index contributed by atoms with van der Waals surface area (Å²) in [6.45, 7) is 7.45. The zero-order chi connectivity index (χ0) is 24.0. The molecule has 1 aliphatic rings. The van der Waals surface area contributed by atoms with E-state index >= 15 is 0 Å². The fourth-order valence-electron chi connectivity index (χ4n) is 3.62. The molecule has 9 heteroatoms. The molecule has 3 rings (SSSR count). The van der Waals surface area contributed by atoms with Gasteiger partial charge in [0.2, 0.25) is 0 Å². The minimum Gasteiger partial charge on any atom is -0.394 e. The lowest BCUT2D eigenvalue weighted by molar-refractivity contribution is 0.0721. The number of pyridine rings is 1. The summed E-state index contributed by atoms with van der Waals surface area (Å²) in [5.74, 6) is 0.388. The molecular weight excluding hydrogens is 422 g/mol. The van der Waals surface area contributed by atoms with E-state index in [1.54, 1.807) is 42.3 Å². The predicted molar refractivity (Wildman–Crippen MR) is 128 cm³/mol. The number of piperazine rings is 1. The molecule has 2 aromatic rings. The molecule has 4 N–H and O–H groups in total. The summed E-state index contributed by atoms with van der Waals surface area (Å²) in [4.78, 5) is 33.9. The minimum absolute atomic E-state index is 0.0845. The highest BCUT2D eigenvalue weighted by Crippen LogP contribution is 2.25. The molecule has 0 unspecified atom stereocenters. The fourth-order valence-corrected chi connectivity index (χ4v) is 3.62. The van der Waals surface area contributed by atoms with Crippen molar-refractivity contribution in [3.63, 3.8) is 0 Å². The maximum atomic E-state index is 13.0. The zero-order valence-corrected chi connectivity index (χ0v) is 19.4. The molecule has 0 spiro atoms. The van der Waals surface area contributed by atoms with Crippen LogP contribution in [0.3, 0.4) is 0 Å². The van der Waals surface area contributed by atoms with Gasteiger partial charge in [-0.3, -0.25) is 9.59 Å².